The Bertz CT molecular complexity index is 757. The van der Waals surface area contributed by atoms with Gasteiger partial charge in [-0.25, -0.2) is 0 Å². The van der Waals surface area contributed by atoms with Gasteiger partial charge >= 0.3 is 0 Å². The second-order valence-corrected chi connectivity index (χ2v) is 6.22. The van der Waals surface area contributed by atoms with E-state index in [1.54, 1.807) is 25.3 Å². The van der Waals surface area contributed by atoms with Crippen LogP contribution in [0.3, 0.4) is 0 Å². The number of nitrogens with one attached hydrogen (secondary N) is 1. The first-order chi connectivity index (χ1) is 12.1. The predicted octanol–water partition coefficient (Wildman–Crippen LogP) is 3.73. The number of hydrogen-bond donors (Lipinski definition) is 1. The van der Waals surface area contributed by atoms with Crippen LogP contribution in [0.25, 0.3) is 0 Å². The highest BCUT2D eigenvalue weighted by atomic mass is 16.5. The molecule has 1 atom stereocenters. The lowest BCUT2D eigenvalue weighted by Crippen LogP contribution is -2.28. The first kappa shape index (κ1) is 17.3. The minimum absolute atomic E-state index is 0.00398. The van der Waals surface area contributed by atoms with E-state index in [-0.39, 0.29) is 12.0 Å². The number of ether oxygens (including phenoxy) is 3. The lowest BCUT2D eigenvalue weighted by atomic mass is 9.97. The summed E-state index contributed by atoms with van der Waals surface area (Å²) < 4.78 is 16.8. The molecule has 0 saturated carbocycles. The zero-order valence-corrected chi connectivity index (χ0v) is 14.7. The number of anilines is 1. The van der Waals surface area contributed by atoms with E-state index in [1.807, 2.05) is 38.1 Å². The Morgan fingerprint density at radius 2 is 2.04 bits per heavy atom. The fraction of sp³-hybridized carbons (Fsp3) is 0.350. The van der Waals surface area contributed by atoms with Gasteiger partial charge in [-0.2, -0.15) is 0 Å². The van der Waals surface area contributed by atoms with Crippen LogP contribution in [0.15, 0.2) is 42.5 Å². The van der Waals surface area contributed by atoms with Crippen molar-refractivity contribution in [2.75, 3.05) is 19.0 Å². The van der Waals surface area contributed by atoms with E-state index in [1.165, 1.54) is 0 Å². The van der Waals surface area contributed by atoms with Gasteiger partial charge in [0.2, 0.25) is 0 Å². The number of carbonyl (C=O) groups is 1. The van der Waals surface area contributed by atoms with Gasteiger partial charge < -0.3 is 19.5 Å². The van der Waals surface area contributed by atoms with Crippen molar-refractivity contribution in [3.8, 4) is 11.5 Å². The van der Waals surface area contributed by atoms with Crippen LogP contribution in [0.2, 0.25) is 0 Å². The summed E-state index contributed by atoms with van der Waals surface area (Å²) >= 11 is 0. The Hall–Kier alpha value is -2.53. The molecule has 1 N–H and O–H groups in total. The lowest BCUT2D eigenvalue weighted by Gasteiger charge is -2.25. The molecule has 1 heterocycles. The van der Waals surface area contributed by atoms with Crippen LogP contribution in [0.5, 0.6) is 11.5 Å². The van der Waals surface area contributed by atoms with Crippen molar-refractivity contribution in [3.05, 3.63) is 53.6 Å². The molecule has 2 aromatic carbocycles. The van der Waals surface area contributed by atoms with Crippen molar-refractivity contribution in [2.24, 2.45) is 0 Å². The van der Waals surface area contributed by atoms with Crippen molar-refractivity contribution in [1.82, 2.24) is 0 Å². The average Bonchev–Trinajstić information content (AvgIpc) is 2.62. The van der Waals surface area contributed by atoms with Gasteiger partial charge in [-0.15, -0.1) is 0 Å². The quantitative estimate of drug-likeness (QED) is 0.900. The highest BCUT2D eigenvalue weighted by molar-refractivity contribution is 5.96. The van der Waals surface area contributed by atoms with Crippen molar-refractivity contribution < 1.29 is 19.0 Å². The van der Waals surface area contributed by atoms with Crippen LogP contribution in [-0.2, 0) is 16.0 Å². The Balaban J connectivity index is 1.86. The number of carbonyl (C=O) groups excluding carboxylic acids is 1. The molecule has 1 amide bonds. The number of fused-ring (bicyclic) bond motifs is 1. The summed E-state index contributed by atoms with van der Waals surface area (Å²) in [7, 11) is 1.59. The lowest BCUT2D eigenvalue weighted by molar-refractivity contribution is -0.128. The van der Waals surface area contributed by atoms with Crippen LogP contribution in [0, 0.1) is 0 Å². The maximum atomic E-state index is 12.8. The topological polar surface area (TPSA) is 56.8 Å². The molecule has 3 rings (SSSR count). The second-order valence-electron chi connectivity index (χ2n) is 6.22. The molecule has 5 nitrogen and oxygen atoms in total. The molecule has 0 spiro atoms. The van der Waals surface area contributed by atoms with Gasteiger partial charge in [0.25, 0.3) is 5.91 Å². The van der Waals surface area contributed by atoms with Crippen molar-refractivity contribution >= 4 is 11.6 Å². The molecule has 1 aliphatic heterocycles. The highest BCUT2D eigenvalue weighted by Gasteiger charge is 2.28. The molecule has 132 valence electrons. The monoisotopic (exact) mass is 341 g/mol. The van der Waals surface area contributed by atoms with Crippen LogP contribution in [0.1, 0.15) is 31.1 Å². The van der Waals surface area contributed by atoms with Gasteiger partial charge in [0.05, 0.1) is 25.5 Å². The maximum absolute atomic E-state index is 12.8. The molecular weight excluding hydrogens is 318 g/mol. The molecule has 5 heteroatoms. The number of amides is 1. The molecule has 0 fully saturated rings. The Morgan fingerprint density at radius 1 is 1.24 bits per heavy atom. The van der Waals surface area contributed by atoms with Crippen LogP contribution >= 0.6 is 0 Å². The van der Waals surface area contributed by atoms with Crippen LogP contribution in [0.4, 0.5) is 5.69 Å². The van der Waals surface area contributed by atoms with Gasteiger partial charge in [-0.05, 0) is 43.5 Å². The summed E-state index contributed by atoms with van der Waals surface area (Å²) in [6.07, 6.45) is 0.194. The largest absolute Gasteiger partial charge is 0.497 e. The Kier molecular flexibility index (Phi) is 5.24. The Labute approximate surface area is 147 Å². The van der Waals surface area contributed by atoms with E-state index in [9.17, 15) is 4.79 Å². The van der Waals surface area contributed by atoms with Gasteiger partial charge in [-0.1, -0.05) is 24.3 Å². The number of methoxy groups -OCH3 is 1. The van der Waals surface area contributed by atoms with E-state index >= 15 is 0 Å². The van der Waals surface area contributed by atoms with E-state index in [2.05, 4.69) is 5.32 Å². The van der Waals surface area contributed by atoms with Gasteiger partial charge in [0, 0.05) is 6.07 Å². The third kappa shape index (κ3) is 3.94. The van der Waals surface area contributed by atoms with E-state index < -0.39 is 6.10 Å². The summed E-state index contributed by atoms with van der Waals surface area (Å²) in [5.41, 5.74) is 2.64. The molecule has 0 radical (unpaired) electrons. The SMILES string of the molecule is COc1ccc(OC(C)C)c(NC(=O)C2OCCc3ccccc32)c1. The number of benzene rings is 2. The predicted molar refractivity (Wildman–Crippen MR) is 96.2 cm³/mol. The van der Waals surface area contributed by atoms with Gasteiger partial charge in [0.15, 0.2) is 6.10 Å². The molecule has 0 bridgehead atoms. The smallest absolute Gasteiger partial charge is 0.258 e. The van der Waals surface area contributed by atoms with Crippen molar-refractivity contribution in [2.45, 2.75) is 32.5 Å². The summed E-state index contributed by atoms with van der Waals surface area (Å²) in [5, 5.41) is 2.93. The maximum Gasteiger partial charge on any atom is 0.258 e. The number of rotatable bonds is 5. The zero-order valence-electron chi connectivity index (χ0n) is 14.7. The molecule has 1 aliphatic rings. The molecular formula is C20H23NO4. The fourth-order valence-electron chi connectivity index (χ4n) is 2.90. The van der Waals surface area contributed by atoms with Crippen LogP contribution in [-0.4, -0.2) is 25.7 Å². The second kappa shape index (κ2) is 7.57. The minimum Gasteiger partial charge on any atom is -0.497 e. The summed E-state index contributed by atoms with van der Waals surface area (Å²) in [6.45, 7) is 4.41. The number of hydrogen-bond acceptors (Lipinski definition) is 4. The molecule has 25 heavy (non-hydrogen) atoms. The summed E-state index contributed by atoms with van der Waals surface area (Å²) in [5.74, 6) is 1.04. The fourth-order valence-corrected chi connectivity index (χ4v) is 2.90. The summed E-state index contributed by atoms with van der Waals surface area (Å²) in [6, 6.07) is 13.2. The third-order valence-corrected chi connectivity index (χ3v) is 4.04. The highest BCUT2D eigenvalue weighted by Crippen LogP contribution is 2.33. The standard InChI is InChI=1S/C20H23NO4/c1-13(2)25-18-9-8-15(23-3)12-17(18)21-20(22)19-16-7-5-4-6-14(16)10-11-24-19/h4-9,12-13,19H,10-11H2,1-3H3,(H,21,22). The normalized spacial score (nSPS) is 16.2. The first-order valence-corrected chi connectivity index (χ1v) is 8.43. The van der Waals surface area contributed by atoms with E-state index in [4.69, 9.17) is 14.2 Å². The van der Waals surface area contributed by atoms with Crippen molar-refractivity contribution in [3.63, 3.8) is 0 Å². The van der Waals surface area contributed by atoms with Crippen molar-refractivity contribution in [1.29, 1.82) is 0 Å². The molecule has 0 saturated heterocycles. The average molecular weight is 341 g/mol. The molecule has 0 aliphatic carbocycles. The zero-order chi connectivity index (χ0) is 17.8. The first-order valence-electron chi connectivity index (χ1n) is 8.43. The van der Waals surface area contributed by atoms with Gasteiger partial charge in [-0.3, -0.25) is 4.79 Å². The Morgan fingerprint density at radius 3 is 2.80 bits per heavy atom. The third-order valence-electron chi connectivity index (χ3n) is 4.04. The molecule has 2 aromatic rings. The van der Waals surface area contributed by atoms with E-state index in [0.717, 1.165) is 17.5 Å². The molecule has 0 aromatic heterocycles. The molecule has 1 unspecified atom stereocenters. The van der Waals surface area contributed by atoms with Crippen LogP contribution < -0.4 is 14.8 Å². The minimum atomic E-state index is -0.622. The van der Waals surface area contributed by atoms with E-state index in [0.29, 0.717) is 23.8 Å². The van der Waals surface area contributed by atoms with Gasteiger partial charge in [0.1, 0.15) is 11.5 Å². The summed E-state index contributed by atoms with van der Waals surface area (Å²) in [4.78, 5) is 12.8.